The first-order chi connectivity index (χ1) is 37.2. The molecule has 0 unspecified atom stereocenters. The Hall–Kier alpha value is -8.98. The standard InChI is InChI=1S/C73H49NO/c1-16-39-72(40-17-1)62-29-11-6-25-54(62)57-28-18-33-67(71(57)72)74(46-36-37-51-49-21-3-2-19-47(49)48-20-4-5-22-50(48)59(51)42-46)68-44-66-60(43-58(68)45-35-38-70-61(41-45)56-27-10-15-34-69(56)75-70)55-26-9-14-32-65(55)73(66)63-30-12-7-23-52(63)53-24-8-13-31-64(53)73/h2-15,18-38,41-44H,1,16-17,39-40H2. The zero-order chi connectivity index (χ0) is 49.0. The third-order valence-electron chi connectivity index (χ3n) is 18.2. The Morgan fingerprint density at radius 3 is 1.49 bits per heavy atom. The van der Waals surface area contributed by atoms with Gasteiger partial charge in [-0.1, -0.05) is 207 Å². The van der Waals surface area contributed by atoms with Gasteiger partial charge in [-0.15, -0.1) is 0 Å². The van der Waals surface area contributed by atoms with Crippen LogP contribution in [0, 0.1) is 0 Å². The molecule has 13 aromatic rings. The molecule has 1 saturated carbocycles. The van der Waals surface area contributed by atoms with Gasteiger partial charge in [0.1, 0.15) is 11.2 Å². The van der Waals surface area contributed by atoms with Crippen LogP contribution in [0.1, 0.15) is 65.5 Å². The maximum Gasteiger partial charge on any atom is 0.135 e. The molecule has 0 atom stereocenters. The highest BCUT2D eigenvalue weighted by molar-refractivity contribution is 6.26. The van der Waals surface area contributed by atoms with Crippen molar-refractivity contribution in [3.63, 3.8) is 0 Å². The number of hydrogen-bond acceptors (Lipinski definition) is 2. The molecular formula is C73H49NO. The zero-order valence-corrected chi connectivity index (χ0v) is 41.4. The van der Waals surface area contributed by atoms with Gasteiger partial charge < -0.3 is 9.32 Å². The first-order valence-corrected chi connectivity index (χ1v) is 27.0. The van der Waals surface area contributed by atoms with Crippen LogP contribution in [0.25, 0.3) is 98.8 Å². The smallest absolute Gasteiger partial charge is 0.135 e. The molecule has 1 aromatic heterocycles. The summed E-state index contributed by atoms with van der Waals surface area (Å²) in [4.78, 5) is 2.71. The molecule has 0 radical (unpaired) electrons. The van der Waals surface area contributed by atoms with Gasteiger partial charge in [-0.2, -0.15) is 0 Å². The fraction of sp³-hybridized carbons (Fsp3) is 0.0959. The van der Waals surface area contributed by atoms with Gasteiger partial charge in [0.15, 0.2) is 0 Å². The van der Waals surface area contributed by atoms with Crippen LogP contribution >= 0.6 is 0 Å². The van der Waals surface area contributed by atoms with E-state index in [2.05, 4.69) is 241 Å². The third kappa shape index (κ3) is 5.43. The van der Waals surface area contributed by atoms with Crippen molar-refractivity contribution in [3.8, 4) is 44.5 Å². The SMILES string of the molecule is c1ccc2c(c1)-c1cccc(N(c3ccc4c5ccccc5c5ccccc5c4c3)c3cc4c(cc3-c3ccc5oc6ccccc6c5c3)-c3ccccc3C43c4ccccc4-c4ccccc43)c1C21CCCCC1. The number of hydrogen-bond donors (Lipinski definition) is 0. The highest BCUT2D eigenvalue weighted by Gasteiger charge is 2.52. The van der Waals surface area contributed by atoms with Gasteiger partial charge >= 0.3 is 0 Å². The normalized spacial score (nSPS) is 15.1. The van der Waals surface area contributed by atoms with Crippen LogP contribution in [0.15, 0.2) is 241 Å². The van der Waals surface area contributed by atoms with Crippen molar-refractivity contribution < 1.29 is 4.42 Å². The maximum atomic E-state index is 6.55. The van der Waals surface area contributed by atoms with Crippen molar-refractivity contribution in [3.05, 3.63) is 270 Å². The lowest BCUT2D eigenvalue weighted by molar-refractivity contribution is 0.353. The molecule has 0 aliphatic heterocycles. The van der Waals surface area contributed by atoms with Gasteiger partial charge in [0.2, 0.25) is 0 Å². The molecule has 2 heteroatoms. The van der Waals surface area contributed by atoms with E-state index < -0.39 is 5.41 Å². The molecule has 0 bridgehead atoms. The molecule has 0 saturated heterocycles. The monoisotopic (exact) mass is 955 g/mol. The molecule has 75 heavy (non-hydrogen) atoms. The molecule has 1 fully saturated rings. The van der Waals surface area contributed by atoms with Crippen molar-refractivity contribution in [2.24, 2.45) is 0 Å². The van der Waals surface area contributed by atoms with E-state index >= 15 is 0 Å². The second kappa shape index (κ2) is 15.3. The Morgan fingerprint density at radius 2 is 0.827 bits per heavy atom. The van der Waals surface area contributed by atoms with Gasteiger partial charge in [0.25, 0.3) is 0 Å². The second-order valence-corrected chi connectivity index (χ2v) is 21.7. The Bertz CT molecular complexity index is 4520. The highest BCUT2D eigenvalue weighted by Crippen LogP contribution is 2.66. The predicted octanol–water partition coefficient (Wildman–Crippen LogP) is 19.8. The molecule has 4 aliphatic carbocycles. The Labute approximate surface area is 435 Å². The summed E-state index contributed by atoms with van der Waals surface area (Å²) in [5.41, 5.74) is 23.3. The molecule has 1 heterocycles. The summed E-state index contributed by atoms with van der Waals surface area (Å²) in [6.07, 6.45) is 5.94. The van der Waals surface area contributed by atoms with E-state index in [-0.39, 0.29) is 5.41 Å². The topological polar surface area (TPSA) is 16.4 Å². The van der Waals surface area contributed by atoms with Crippen LogP contribution in [0.2, 0.25) is 0 Å². The second-order valence-electron chi connectivity index (χ2n) is 21.7. The summed E-state index contributed by atoms with van der Waals surface area (Å²) < 4.78 is 6.55. The lowest BCUT2D eigenvalue weighted by Gasteiger charge is -2.40. The van der Waals surface area contributed by atoms with Crippen LogP contribution in [0.5, 0.6) is 0 Å². The molecular weight excluding hydrogens is 907 g/mol. The fourth-order valence-corrected chi connectivity index (χ4v) is 15.3. The van der Waals surface area contributed by atoms with Gasteiger partial charge in [0.05, 0.1) is 16.8 Å². The van der Waals surface area contributed by atoms with E-state index in [1.165, 1.54) is 130 Å². The van der Waals surface area contributed by atoms with E-state index in [9.17, 15) is 0 Å². The number of fused-ring (bicyclic) bond motifs is 24. The van der Waals surface area contributed by atoms with E-state index in [0.29, 0.717) is 0 Å². The average molecular weight is 956 g/mol. The van der Waals surface area contributed by atoms with Crippen molar-refractivity contribution in [1.29, 1.82) is 0 Å². The van der Waals surface area contributed by atoms with E-state index in [4.69, 9.17) is 4.42 Å². The maximum absolute atomic E-state index is 6.55. The number of anilines is 3. The number of nitrogens with zero attached hydrogens (tertiary/aromatic N) is 1. The summed E-state index contributed by atoms with van der Waals surface area (Å²) in [7, 11) is 0. The minimum atomic E-state index is -0.541. The van der Waals surface area contributed by atoms with Gasteiger partial charge in [-0.25, -0.2) is 0 Å². The van der Waals surface area contributed by atoms with Gasteiger partial charge in [0, 0.05) is 27.4 Å². The molecule has 2 spiro atoms. The first kappa shape index (κ1) is 41.5. The summed E-state index contributed by atoms with van der Waals surface area (Å²) >= 11 is 0. The van der Waals surface area contributed by atoms with Crippen LogP contribution < -0.4 is 4.90 Å². The van der Waals surface area contributed by atoms with E-state index in [1.807, 2.05) is 0 Å². The summed E-state index contributed by atoms with van der Waals surface area (Å²) in [5.74, 6) is 0. The quantitative estimate of drug-likeness (QED) is 0.163. The molecule has 4 aliphatic rings. The largest absolute Gasteiger partial charge is 0.456 e. The number of rotatable bonds is 4. The van der Waals surface area contributed by atoms with Gasteiger partial charge in [-0.05, 0) is 166 Å². The van der Waals surface area contributed by atoms with Crippen LogP contribution in [0.4, 0.5) is 17.1 Å². The van der Waals surface area contributed by atoms with Crippen LogP contribution in [-0.2, 0) is 10.8 Å². The van der Waals surface area contributed by atoms with Crippen molar-refractivity contribution in [2.45, 2.75) is 42.9 Å². The molecule has 352 valence electrons. The minimum Gasteiger partial charge on any atom is -0.456 e. The lowest BCUT2D eigenvalue weighted by atomic mass is 9.67. The summed E-state index contributed by atoms with van der Waals surface area (Å²) in [6, 6.07) is 90.2. The van der Waals surface area contributed by atoms with Crippen molar-refractivity contribution >= 4 is 71.3 Å². The highest BCUT2D eigenvalue weighted by atomic mass is 16.3. The van der Waals surface area contributed by atoms with Crippen molar-refractivity contribution in [2.75, 3.05) is 4.90 Å². The Balaban J connectivity index is 1.04. The van der Waals surface area contributed by atoms with Gasteiger partial charge in [-0.3, -0.25) is 0 Å². The minimum absolute atomic E-state index is 0.120. The Kier molecular flexibility index (Phi) is 8.46. The number of furan rings is 1. The Morgan fingerprint density at radius 1 is 0.307 bits per heavy atom. The van der Waals surface area contributed by atoms with E-state index in [1.54, 1.807) is 0 Å². The number of para-hydroxylation sites is 1. The van der Waals surface area contributed by atoms with Crippen LogP contribution in [-0.4, -0.2) is 0 Å². The molecule has 0 N–H and O–H groups in total. The zero-order valence-electron chi connectivity index (χ0n) is 41.4. The van der Waals surface area contributed by atoms with Crippen LogP contribution in [0.3, 0.4) is 0 Å². The third-order valence-corrected chi connectivity index (χ3v) is 18.2. The predicted molar refractivity (Wildman–Crippen MR) is 312 cm³/mol. The number of benzene rings is 12. The van der Waals surface area contributed by atoms with Crippen molar-refractivity contribution in [1.82, 2.24) is 0 Å². The fourth-order valence-electron chi connectivity index (χ4n) is 15.3. The average Bonchev–Trinajstić information content (AvgIpc) is 4.25. The lowest BCUT2D eigenvalue weighted by Crippen LogP contribution is -2.30. The molecule has 0 amide bonds. The molecule has 17 rings (SSSR count). The molecule has 12 aromatic carbocycles. The first-order valence-electron chi connectivity index (χ1n) is 27.0. The summed E-state index contributed by atoms with van der Waals surface area (Å²) in [5, 5.41) is 9.88. The molecule has 2 nitrogen and oxygen atoms in total. The van der Waals surface area contributed by atoms with E-state index in [0.717, 1.165) is 51.7 Å². The summed E-state index contributed by atoms with van der Waals surface area (Å²) in [6.45, 7) is 0.